The Morgan fingerprint density at radius 3 is 2.58 bits per heavy atom. The Hall–Kier alpha value is -1.30. The molecule has 0 fully saturated rings. The monoisotopic (exact) mass is 304 g/mol. The number of rotatable bonds is 6. The minimum absolute atomic E-state index is 0.260. The minimum Gasteiger partial charge on any atom is -0.383 e. The maximum Gasteiger partial charge on any atom is 0.233 e. The average Bonchev–Trinajstić information content (AvgIpc) is 2.34. The van der Waals surface area contributed by atoms with Crippen molar-refractivity contribution in [2.45, 2.75) is 6.42 Å². The highest BCUT2D eigenvalue weighted by Gasteiger charge is 2.09. The van der Waals surface area contributed by atoms with E-state index in [1.807, 2.05) is 0 Å². The van der Waals surface area contributed by atoms with Crippen LogP contribution in [0.4, 0.5) is 5.69 Å². The molecule has 0 radical (unpaired) electrons. The first kappa shape index (κ1) is 15.8. The molecule has 0 unspecified atom stereocenters. The number of nitrogens with one attached hydrogen (secondary N) is 2. The van der Waals surface area contributed by atoms with Crippen LogP contribution in [-0.4, -0.2) is 32.1 Å². The molecule has 104 valence electrons. The molecule has 2 N–H and O–H groups in total. The van der Waals surface area contributed by atoms with E-state index in [1.54, 1.807) is 12.1 Å². The summed E-state index contributed by atoms with van der Waals surface area (Å²) in [7, 11) is 1.53. The maximum absolute atomic E-state index is 11.6. The van der Waals surface area contributed by atoms with Crippen LogP contribution in [0.1, 0.15) is 6.42 Å². The van der Waals surface area contributed by atoms with E-state index in [2.05, 4.69) is 10.6 Å². The SMILES string of the molecule is COCCNC(=O)CC(=O)Nc1ccc(Cl)c(Cl)c1. The van der Waals surface area contributed by atoms with Crippen molar-refractivity contribution in [3.8, 4) is 0 Å². The molecule has 7 heteroatoms. The molecule has 1 rings (SSSR count). The second-order valence-corrected chi connectivity index (χ2v) is 4.51. The third-order valence-electron chi connectivity index (χ3n) is 2.15. The van der Waals surface area contributed by atoms with Gasteiger partial charge >= 0.3 is 0 Å². The molecule has 0 saturated carbocycles. The topological polar surface area (TPSA) is 67.4 Å². The normalized spacial score (nSPS) is 10.1. The molecule has 0 spiro atoms. The number of amides is 2. The van der Waals surface area contributed by atoms with Gasteiger partial charge in [0.15, 0.2) is 0 Å². The van der Waals surface area contributed by atoms with E-state index < -0.39 is 5.91 Å². The predicted molar refractivity (Wildman–Crippen MR) is 74.6 cm³/mol. The lowest BCUT2D eigenvalue weighted by Gasteiger charge is -2.07. The zero-order valence-electron chi connectivity index (χ0n) is 10.3. The zero-order chi connectivity index (χ0) is 14.3. The van der Waals surface area contributed by atoms with Crippen LogP contribution in [0.15, 0.2) is 18.2 Å². The Morgan fingerprint density at radius 2 is 1.95 bits per heavy atom. The Morgan fingerprint density at radius 1 is 1.21 bits per heavy atom. The smallest absolute Gasteiger partial charge is 0.233 e. The van der Waals surface area contributed by atoms with Crippen LogP contribution < -0.4 is 10.6 Å². The summed E-state index contributed by atoms with van der Waals surface area (Å²) in [5.41, 5.74) is 0.490. The van der Waals surface area contributed by atoms with Crippen molar-refractivity contribution in [2.24, 2.45) is 0 Å². The maximum atomic E-state index is 11.6. The van der Waals surface area contributed by atoms with Gasteiger partial charge in [-0.1, -0.05) is 23.2 Å². The second-order valence-electron chi connectivity index (χ2n) is 3.70. The first-order valence-electron chi connectivity index (χ1n) is 5.53. The Balaban J connectivity index is 2.42. The van der Waals surface area contributed by atoms with E-state index in [0.717, 1.165) is 0 Å². The van der Waals surface area contributed by atoms with E-state index >= 15 is 0 Å². The van der Waals surface area contributed by atoms with Crippen molar-refractivity contribution >= 4 is 40.7 Å². The molecule has 2 amide bonds. The van der Waals surface area contributed by atoms with Gasteiger partial charge in [0, 0.05) is 19.3 Å². The standard InChI is InChI=1S/C12H14Cl2N2O3/c1-19-5-4-15-11(17)7-12(18)16-8-2-3-9(13)10(14)6-8/h2-3,6H,4-5,7H2,1H3,(H,15,17)(H,16,18). The lowest BCUT2D eigenvalue weighted by atomic mass is 10.3. The number of benzene rings is 1. The number of anilines is 1. The summed E-state index contributed by atoms with van der Waals surface area (Å²) in [6, 6.07) is 4.69. The van der Waals surface area contributed by atoms with Crippen LogP contribution in [0.5, 0.6) is 0 Å². The van der Waals surface area contributed by atoms with Gasteiger partial charge in [-0.15, -0.1) is 0 Å². The van der Waals surface area contributed by atoms with Crippen LogP contribution in [0.2, 0.25) is 10.0 Å². The summed E-state index contributed by atoms with van der Waals surface area (Å²) in [5, 5.41) is 5.84. The van der Waals surface area contributed by atoms with E-state index in [-0.39, 0.29) is 12.3 Å². The molecule has 0 bridgehead atoms. The molecular formula is C12H14Cl2N2O3. The number of carbonyl (C=O) groups excluding carboxylic acids is 2. The average molecular weight is 305 g/mol. The van der Waals surface area contributed by atoms with Gasteiger partial charge in [0.1, 0.15) is 6.42 Å². The highest BCUT2D eigenvalue weighted by Crippen LogP contribution is 2.24. The van der Waals surface area contributed by atoms with Crippen molar-refractivity contribution in [3.63, 3.8) is 0 Å². The van der Waals surface area contributed by atoms with E-state index in [4.69, 9.17) is 27.9 Å². The van der Waals surface area contributed by atoms with Gasteiger partial charge in [-0.3, -0.25) is 9.59 Å². The lowest BCUT2D eigenvalue weighted by Crippen LogP contribution is -2.30. The first-order chi connectivity index (χ1) is 9.02. The Kier molecular flexibility index (Phi) is 6.62. The molecule has 5 nitrogen and oxygen atoms in total. The molecule has 0 aliphatic heterocycles. The fourth-order valence-electron chi connectivity index (χ4n) is 1.28. The third kappa shape index (κ3) is 5.92. The van der Waals surface area contributed by atoms with Gasteiger partial charge in [-0.25, -0.2) is 0 Å². The van der Waals surface area contributed by atoms with Crippen LogP contribution >= 0.6 is 23.2 Å². The van der Waals surface area contributed by atoms with Crippen molar-refractivity contribution < 1.29 is 14.3 Å². The van der Waals surface area contributed by atoms with Crippen LogP contribution in [0, 0.1) is 0 Å². The van der Waals surface area contributed by atoms with Crippen LogP contribution in [0.3, 0.4) is 0 Å². The molecular weight excluding hydrogens is 291 g/mol. The molecule has 0 aromatic heterocycles. The molecule has 19 heavy (non-hydrogen) atoms. The Labute approximate surface area is 121 Å². The number of hydrogen-bond acceptors (Lipinski definition) is 3. The van der Waals surface area contributed by atoms with E-state index in [9.17, 15) is 9.59 Å². The fourth-order valence-corrected chi connectivity index (χ4v) is 1.58. The van der Waals surface area contributed by atoms with Gasteiger partial charge in [0.05, 0.1) is 16.7 Å². The highest BCUT2D eigenvalue weighted by atomic mass is 35.5. The highest BCUT2D eigenvalue weighted by molar-refractivity contribution is 6.42. The van der Waals surface area contributed by atoms with Crippen molar-refractivity contribution in [3.05, 3.63) is 28.2 Å². The molecule has 1 aromatic carbocycles. The number of carbonyl (C=O) groups is 2. The van der Waals surface area contributed by atoms with Gasteiger partial charge in [-0.2, -0.15) is 0 Å². The molecule has 0 atom stereocenters. The number of halogens is 2. The minimum atomic E-state index is -0.423. The summed E-state index contributed by atoms with van der Waals surface area (Å²) in [6.07, 6.45) is -0.260. The van der Waals surface area contributed by atoms with Crippen molar-refractivity contribution in [2.75, 3.05) is 25.6 Å². The molecule has 1 aromatic rings. The number of ether oxygens (including phenoxy) is 1. The molecule has 0 heterocycles. The first-order valence-corrected chi connectivity index (χ1v) is 6.29. The number of methoxy groups -OCH3 is 1. The lowest BCUT2D eigenvalue weighted by molar-refractivity contribution is -0.126. The van der Waals surface area contributed by atoms with Crippen molar-refractivity contribution in [1.29, 1.82) is 0 Å². The Bertz CT molecular complexity index is 466. The van der Waals surface area contributed by atoms with Crippen LogP contribution in [0.25, 0.3) is 0 Å². The largest absolute Gasteiger partial charge is 0.383 e. The van der Waals surface area contributed by atoms with E-state index in [0.29, 0.717) is 28.9 Å². The summed E-state index contributed by atoms with van der Waals surface area (Å²) in [6.45, 7) is 0.773. The summed E-state index contributed by atoms with van der Waals surface area (Å²) in [4.78, 5) is 22.9. The summed E-state index contributed by atoms with van der Waals surface area (Å²) >= 11 is 11.6. The third-order valence-corrected chi connectivity index (χ3v) is 2.89. The molecule has 0 saturated heterocycles. The zero-order valence-corrected chi connectivity index (χ0v) is 11.8. The van der Waals surface area contributed by atoms with Gasteiger partial charge in [0.2, 0.25) is 11.8 Å². The van der Waals surface area contributed by atoms with Gasteiger partial charge in [0.25, 0.3) is 0 Å². The summed E-state index contributed by atoms with van der Waals surface area (Å²) < 4.78 is 4.77. The summed E-state index contributed by atoms with van der Waals surface area (Å²) in [5.74, 6) is -0.789. The van der Waals surface area contributed by atoms with Gasteiger partial charge < -0.3 is 15.4 Å². The predicted octanol–water partition coefficient (Wildman–Crippen LogP) is 2.08. The fraction of sp³-hybridized carbons (Fsp3) is 0.333. The van der Waals surface area contributed by atoms with E-state index in [1.165, 1.54) is 13.2 Å². The molecule has 0 aliphatic carbocycles. The van der Waals surface area contributed by atoms with Crippen LogP contribution in [-0.2, 0) is 14.3 Å². The second kappa shape index (κ2) is 7.99. The molecule has 0 aliphatic rings. The quantitative estimate of drug-likeness (QED) is 0.624. The van der Waals surface area contributed by atoms with Crippen molar-refractivity contribution in [1.82, 2.24) is 5.32 Å². The van der Waals surface area contributed by atoms with Gasteiger partial charge in [-0.05, 0) is 18.2 Å². The number of hydrogen-bond donors (Lipinski definition) is 2.